The number of carbonyl (C=O) groups excluding carboxylic acids is 2. The maximum absolute atomic E-state index is 12.6. The molecule has 0 saturated carbocycles. The van der Waals surface area contributed by atoms with E-state index in [2.05, 4.69) is 10.4 Å². The Morgan fingerprint density at radius 2 is 1.86 bits per heavy atom. The van der Waals surface area contributed by atoms with Gasteiger partial charge in [0.25, 0.3) is 11.5 Å². The number of carbonyl (C=O) groups is 2. The van der Waals surface area contributed by atoms with Gasteiger partial charge in [-0.15, -0.1) is 0 Å². The second-order valence-corrected chi connectivity index (χ2v) is 6.77. The third-order valence-corrected chi connectivity index (χ3v) is 4.42. The maximum Gasteiger partial charge on any atom is 0.359 e. The summed E-state index contributed by atoms with van der Waals surface area (Å²) in [6.45, 7) is 3.89. The van der Waals surface area contributed by atoms with Gasteiger partial charge in [-0.25, -0.2) is 9.48 Å². The third kappa shape index (κ3) is 4.87. The number of nitrogens with zero attached hydrogens (tertiary/aromatic N) is 2. The highest BCUT2D eigenvalue weighted by atomic mass is 16.5. The Hall–Kier alpha value is -3.48. The Morgan fingerprint density at radius 3 is 2.59 bits per heavy atom. The van der Waals surface area contributed by atoms with Crippen molar-refractivity contribution in [2.24, 2.45) is 0 Å². The molecule has 0 unspecified atom stereocenters. The summed E-state index contributed by atoms with van der Waals surface area (Å²) in [7, 11) is 0. The number of benzene rings is 2. The second-order valence-electron chi connectivity index (χ2n) is 6.77. The summed E-state index contributed by atoms with van der Waals surface area (Å²) in [6.07, 6.45) is 1.65. The molecule has 0 aliphatic carbocycles. The minimum Gasteiger partial charge on any atom is -0.451 e. The van der Waals surface area contributed by atoms with Crippen LogP contribution in [0.2, 0.25) is 0 Å². The van der Waals surface area contributed by atoms with Gasteiger partial charge in [0.05, 0.1) is 5.39 Å². The molecule has 0 aliphatic heterocycles. The summed E-state index contributed by atoms with van der Waals surface area (Å²) in [5, 5.41) is 7.70. The van der Waals surface area contributed by atoms with E-state index in [0.717, 1.165) is 18.4 Å². The first-order valence-corrected chi connectivity index (χ1v) is 9.53. The normalized spacial score (nSPS) is 10.7. The van der Waals surface area contributed by atoms with Gasteiger partial charge in [0.1, 0.15) is 0 Å². The first-order chi connectivity index (χ1) is 14.0. The van der Waals surface area contributed by atoms with E-state index in [9.17, 15) is 14.4 Å². The van der Waals surface area contributed by atoms with Gasteiger partial charge in [-0.05, 0) is 37.1 Å². The number of hydrogen-bond acceptors (Lipinski definition) is 5. The lowest BCUT2D eigenvalue weighted by Gasteiger charge is -2.11. The monoisotopic (exact) mass is 393 g/mol. The van der Waals surface area contributed by atoms with Gasteiger partial charge in [0, 0.05) is 17.6 Å². The Balaban J connectivity index is 1.78. The van der Waals surface area contributed by atoms with E-state index in [-0.39, 0.29) is 11.3 Å². The zero-order chi connectivity index (χ0) is 20.8. The van der Waals surface area contributed by atoms with Crippen molar-refractivity contribution < 1.29 is 14.3 Å². The van der Waals surface area contributed by atoms with Crippen molar-refractivity contribution in [3.63, 3.8) is 0 Å². The van der Waals surface area contributed by atoms with Crippen LogP contribution in [0.25, 0.3) is 10.8 Å². The summed E-state index contributed by atoms with van der Waals surface area (Å²) < 4.78 is 6.46. The number of hydrogen-bond donors (Lipinski definition) is 1. The number of ether oxygens (including phenoxy) is 1. The van der Waals surface area contributed by atoms with Crippen molar-refractivity contribution in [2.75, 3.05) is 11.9 Å². The quantitative estimate of drug-likeness (QED) is 0.622. The predicted octanol–water partition coefficient (Wildman–Crippen LogP) is 3.30. The van der Waals surface area contributed by atoms with Gasteiger partial charge in [-0.1, -0.05) is 43.7 Å². The molecule has 0 saturated heterocycles. The second kappa shape index (κ2) is 9.14. The molecule has 1 N–H and O–H groups in total. The van der Waals surface area contributed by atoms with Gasteiger partial charge in [0.2, 0.25) is 0 Å². The lowest BCUT2D eigenvalue weighted by atomic mass is 10.1. The number of amides is 1. The van der Waals surface area contributed by atoms with E-state index in [1.807, 2.05) is 32.0 Å². The number of aryl methyl sites for hydroxylation is 2. The van der Waals surface area contributed by atoms with Crippen LogP contribution in [0.15, 0.2) is 53.3 Å². The molecule has 1 heterocycles. The van der Waals surface area contributed by atoms with E-state index < -0.39 is 18.5 Å². The van der Waals surface area contributed by atoms with E-state index in [1.165, 1.54) is 4.68 Å². The molecule has 3 rings (SSSR count). The molecule has 7 nitrogen and oxygen atoms in total. The standard InChI is InChI=1S/C22H23N3O4/c1-3-4-12-25-21(27)18-11-6-5-10-17(18)20(24-25)22(28)29-14-19(26)23-16-9-7-8-15(2)13-16/h5-11,13H,3-4,12,14H2,1-2H3,(H,23,26). The molecule has 0 radical (unpaired) electrons. The Kier molecular flexibility index (Phi) is 6.39. The molecule has 0 aliphatic rings. The SMILES string of the molecule is CCCCn1nc(C(=O)OCC(=O)Nc2cccc(C)c2)c2ccccc2c1=O. The molecule has 150 valence electrons. The van der Waals surface area contributed by atoms with E-state index in [4.69, 9.17) is 4.74 Å². The van der Waals surface area contributed by atoms with Crippen molar-refractivity contribution in [1.82, 2.24) is 9.78 Å². The zero-order valence-electron chi connectivity index (χ0n) is 16.5. The number of anilines is 1. The highest BCUT2D eigenvalue weighted by Gasteiger charge is 2.19. The number of unbranched alkanes of at least 4 members (excludes halogenated alkanes) is 1. The molecule has 1 aromatic heterocycles. The number of esters is 1. The van der Waals surface area contributed by atoms with Gasteiger partial charge in [-0.3, -0.25) is 9.59 Å². The predicted molar refractivity (Wildman–Crippen MR) is 111 cm³/mol. The average Bonchev–Trinajstić information content (AvgIpc) is 2.72. The van der Waals surface area contributed by atoms with Crippen molar-refractivity contribution in [1.29, 1.82) is 0 Å². The molecule has 3 aromatic rings. The van der Waals surface area contributed by atoms with Crippen LogP contribution >= 0.6 is 0 Å². The number of aromatic nitrogens is 2. The van der Waals surface area contributed by atoms with Gasteiger partial charge in [0.15, 0.2) is 12.3 Å². The van der Waals surface area contributed by atoms with E-state index in [1.54, 1.807) is 30.3 Å². The summed E-state index contributed by atoms with van der Waals surface area (Å²) >= 11 is 0. The Labute approximate surface area is 168 Å². The molecule has 29 heavy (non-hydrogen) atoms. The molecule has 0 bridgehead atoms. The van der Waals surface area contributed by atoms with Crippen LogP contribution in [0.1, 0.15) is 35.8 Å². The van der Waals surface area contributed by atoms with Crippen LogP contribution in [-0.2, 0) is 16.1 Å². The molecular formula is C22H23N3O4. The van der Waals surface area contributed by atoms with Crippen molar-refractivity contribution in [3.8, 4) is 0 Å². The summed E-state index contributed by atoms with van der Waals surface area (Å²) in [5.41, 5.74) is 1.41. The lowest BCUT2D eigenvalue weighted by Crippen LogP contribution is -2.27. The smallest absolute Gasteiger partial charge is 0.359 e. The van der Waals surface area contributed by atoms with Crippen LogP contribution < -0.4 is 10.9 Å². The fraction of sp³-hybridized carbons (Fsp3) is 0.273. The Morgan fingerprint density at radius 1 is 1.10 bits per heavy atom. The van der Waals surface area contributed by atoms with Crippen LogP contribution in [0.5, 0.6) is 0 Å². The molecule has 1 amide bonds. The topological polar surface area (TPSA) is 90.3 Å². The fourth-order valence-corrected chi connectivity index (χ4v) is 2.96. The summed E-state index contributed by atoms with van der Waals surface area (Å²) in [5.74, 6) is -1.20. The minimum atomic E-state index is -0.745. The zero-order valence-corrected chi connectivity index (χ0v) is 16.5. The minimum absolute atomic E-state index is 0.0275. The van der Waals surface area contributed by atoms with Crippen LogP contribution in [0.3, 0.4) is 0 Å². The summed E-state index contributed by atoms with van der Waals surface area (Å²) in [6, 6.07) is 14.1. The fourth-order valence-electron chi connectivity index (χ4n) is 2.96. The molecule has 0 atom stereocenters. The van der Waals surface area contributed by atoms with Crippen LogP contribution in [0.4, 0.5) is 5.69 Å². The largest absolute Gasteiger partial charge is 0.451 e. The van der Waals surface area contributed by atoms with Gasteiger partial charge in [-0.2, -0.15) is 5.10 Å². The van der Waals surface area contributed by atoms with E-state index >= 15 is 0 Å². The molecule has 7 heteroatoms. The van der Waals surface area contributed by atoms with Crippen molar-refractivity contribution in [3.05, 3.63) is 70.1 Å². The molecule has 2 aromatic carbocycles. The number of rotatable bonds is 7. The first-order valence-electron chi connectivity index (χ1n) is 9.53. The van der Waals surface area contributed by atoms with Gasteiger partial charge < -0.3 is 10.1 Å². The van der Waals surface area contributed by atoms with Crippen LogP contribution in [-0.4, -0.2) is 28.3 Å². The molecule has 0 fully saturated rings. The number of nitrogens with one attached hydrogen (secondary N) is 1. The third-order valence-electron chi connectivity index (χ3n) is 4.42. The highest BCUT2D eigenvalue weighted by molar-refractivity contribution is 6.03. The Bertz CT molecular complexity index is 1100. The summed E-state index contributed by atoms with van der Waals surface area (Å²) in [4.78, 5) is 37.3. The van der Waals surface area contributed by atoms with E-state index in [0.29, 0.717) is 23.0 Å². The van der Waals surface area contributed by atoms with Crippen molar-refractivity contribution >= 4 is 28.3 Å². The van der Waals surface area contributed by atoms with Crippen molar-refractivity contribution in [2.45, 2.75) is 33.2 Å². The lowest BCUT2D eigenvalue weighted by molar-refractivity contribution is -0.119. The highest BCUT2D eigenvalue weighted by Crippen LogP contribution is 2.15. The molecular weight excluding hydrogens is 370 g/mol. The average molecular weight is 393 g/mol. The number of fused-ring (bicyclic) bond motifs is 1. The molecule has 0 spiro atoms. The van der Waals surface area contributed by atoms with Gasteiger partial charge >= 0.3 is 5.97 Å². The maximum atomic E-state index is 12.6. The van der Waals surface area contributed by atoms with Crippen LogP contribution in [0, 0.1) is 6.92 Å². The first kappa shape index (κ1) is 20.3.